The standard InChI is InChI=1S/C42H28N2S/c1-4-13-29(14-5-1)34-20-12-21-39-42(34)37-28-32(23-25-38(37)44(39)31-17-8-3-9-18-31)43(30-15-6-2-7-16-30)33-24-26-41-36(27-33)35-19-10-11-22-40(35)45-41/h1-28H. The summed E-state index contributed by atoms with van der Waals surface area (Å²) in [6.07, 6.45) is 0. The van der Waals surface area contributed by atoms with Gasteiger partial charge in [-0.15, -0.1) is 11.3 Å². The van der Waals surface area contributed by atoms with Gasteiger partial charge in [0, 0.05) is 53.7 Å². The molecule has 7 aromatic carbocycles. The molecular weight excluding hydrogens is 565 g/mol. The van der Waals surface area contributed by atoms with Gasteiger partial charge in [-0.05, 0) is 83.9 Å². The second kappa shape index (κ2) is 10.5. The third-order valence-corrected chi connectivity index (χ3v) is 9.92. The fraction of sp³-hybridized carbons (Fsp3) is 0. The Hall–Kier alpha value is -5.64. The van der Waals surface area contributed by atoms with Gasteiger partial charge in [-0.1, -0.05) is 97.1 Å². The van der Waals surface area contributed by atoms with E-state index in [0.717, 1.165) is 22.7 Å². The Balaban J connectivity index is 1.33. The number of hydrogen-bond donors (Lipinski definition) is 0. The van der Waals surface area contributed by atoms with Gasteiger partial charge < -0.3 is 9.47 Å². The number of rotatable bonds is 5. The lowest BCUT2D eigenvalue weighted by atomic mass is 9.99. The van der Waals surface area contributed by atoms with E-state index in [0.29, 0.717) is 0 Å². The normalized spacial score (nSPS) is 11.6. The van der Waals surface area contributed by atoms with Crippen LogP contribution in [0.25, 0.3) is 58.8 Å². The summed E-state index contributed by atoms with van der Waals surface area (Å²) in [5.74, 6) is 0. The first-order valence-corrected chi connectivity index (χ1v) is 16.1. The highest BCUT2D eigenvalue weighted by atomic mass is 32.1. The van der Waals surface area contributed by atoms with E-state index in [4.69, 9.17) is 0 Å². The maximum Gasteiger partial charge on any atom is 0.0547 e. The number of para-hydroxylation sites is 2. The molecule has 45 heavy (non-hydrogen) atoms. The molecule has 0 bridgehead atoms. The van der Waals surface area contributed by atoms with Crippen LogP contribution in [0.3, 0.4) is 0 Å². The van der Waals surface area contributed by atoms with Crippen molar-refractivity contribution >= 4 is 70.4 Å². The van der Waals surface area contributed by atoms with Crippen molar-refractivity contribution in [3.63, 3.8) is 0 Å². The van der Waals surface area contributed by atoms with Gasteiger partial charge in [0.05, 0.1) is 11.0 Å². The molecule has 0 atom stereocenters. The number of aromatic nitrogens is 1. The minimum atomic E-state index is 1.13. The minimum Gasteiger partial charge on any atom is -0.310 e. The number of fused-ring (bicyclic) bond motifs is 6. The van der Waals surface area contributed by atoms with E-state index in [2.05, 4.69) is 179 Å². The predicted molar refractivity (Wildman–Crippen MR) is 194 cm³/mol. The van der Waals surface area contributed by atoms with E-state index < -0.39 is 0 Å². The zero-order valence-corrected chi connectivity index (χ0v) is 25.3. The van der Waals surface area contributed by atoms with Gasteiger partial charge in [0.2, 0.25) is 0 Å². The van der Waals surface area contributed by atoms with Crippen LogP contribution in [0, 0.1) is 0 Å². The molecule has 2 heterocycles. The molecule has 0 amide bonds. The number of nitrogens with zero attached hydrogens (tertiary/aromatic N) is 2. The molecule has 2 nitrogen and oxygen atoms in total. The van der Waals surface area contributed by atoms with Crippen LogP contribution in [0.15, 0.2) is 170 Å². The second-order valence-electron chi connectivity index (χ2n) is 11.4. The van der Waals surface area contributed by atoms with Crippen molar-refractivity contribution in [2.24, 2.45) is 0 Å². The predicted octanol–water partition coefficient (Wildman–Crippen LogP) is 12.3. The minimum absolute atomic E-state index is 1.13. The van der Waals surface area contributed by atoms with Crippen LogP contribution in [0.5, 0.6) is 0 Å². The summed E-state index contributed by atoms with van der Waals surface area (Å²) >= 11 is 1.86. The van der Waals surface area contributed by atoms with Crippen molar-refractivity contribution < 1.29 is 0 Å². The van der Waals surface area contributed by atoms with E-state index in [-0.39, 0.29) is 0 Å². The van der Waals surface area contributed by atoms with Gasteiger partial charge in [-0.25, -0.2) is 0 Å². The first-order chi connectivity index (χ1) is 22.3. The molecular formula is C42H28N2S. The van der Waals surface area contributed by atoms with Gasteiger partial charge >= 0.3 is 0 Å². The summed E-state index contributed by atoms with van der Waals surface area (Å²) in [7, 11) is 0. The first kappa shape index (κ1) is 25.8. The van der Waals surface area contributed by atoms with Crippen LogP contribution < -0.4 is 4.90 Å². The molecule has 212 valence electrons. The molecule has 9 rings (SSSR count). The van der Waals surface area contributed by atoms with Crippen LogP contribution in [0.4, 0.5) is 17.1 Å². The van der Waals surface area contributed by atoms with Gasteiger partial charge in [-0.2, -0.15) is 0 Å². The molecule has 0 aliphatic carbocycles. The molecule has 0 aliphatic rings. The summed E-state index contributed by atoms with van der Waals surface area (Å²) in [4.78, 5) is 2.39. The van der Waals surface area contributed by atoms with Gasteiger partial charge in [0.1, 0.15) is 0 Å². The van der Waals surface area contributed by atoms with Crippen LogP contribution in [0.1, 0.15) is 0 Å². The van der Waals surface area contributed by atoms with E-state index in [1.807, 2.05) is 11.3 Å². The Kier molecular flexibility index (Phi) is 6.03. The fourth-order valence-corrected chi connectivity index (χ4v) is 7.87. The van der Waals surface area contributed by atoms with Crippen molar-refractivity contribution in [1.29, 1.82) is 0 Å². The SMILES string of the molecule is c1ccc(-c2cccc3c2c2cc(N(c4ccccc4)c4ccc5sc6ccccc6c5c4)ccc2n3-c2ccccc2)cc1. The van der Waals surface area contributed by atoms with Gasteiger partial charge in [0.15, 0.2) is 0 Å². The maximum atomic E-state index is 2.40. The lowest BCUT2D eigenvalue weighted by Crippen LogP contribution is -2.09. The van der Waals surface area contributed by atoms with Crippen LogP contribution >= 0.6 is 11.3 Å². The van der Waals surface area contributed by atoms with Crippen LogP contribution in [-0.4, -0.2) is 4.57 Å². The van der Waals surface area contributed by atoms with Gasteiger partial charge in [-0.3, -0.25) is 0 Å². The zero-order valence-electron chi connectivity index (χ0n) is 24.5. The monoisotopic (exact) mass is 592 g/mol. The molecule has 0 unspecified atom stereocenters. The topological polar surface area (TPSA) is 8.17 Å². The molecule has 3 heteroatoms. The Bertz CT molecular complexity index is 2470. The number of hydrogen-bond acceptors (Lipinski definition) is 2. The molecule has 0 spiro atoms. The quantitative estimate of drug-likeness (QED) is 0.193. The molecule has 0 aliphatic heterocycles. The second-order valence-corrected chi connectivity index (χ2v) is 12.5. The van der Waals surface area contributed by atoms with Crippen LogP contribution in [-0.2, 0) is 0 Å². The summed E-state index contributed by atoms with van der Waals surface area (Å²) in [6, 6.07) is 61.4. The third-order valence-electron chi connectivity index (χ3n) is 8.76. The average molecular weight is 593 g/mol. The molecule has 0 radical (unpaired) electrons. The Labute approximate surface area is 265 Å². The maximum absolute atomic E-state index is 2.40. The fourth-order valence-electron chi connectivity index (χ4n) is 6.79. The lowest BCUT2D eigenvalue weighted by Gasteiger charge is -2.26. The Morgan fingerprint density at radius 3 is 1.87 bits per heavy atom. The summed E-state index contributed by atoms with van der Waals surface area (Å²) in [6.45, 7) is 0. The summed E-state index contributed by atoms with van der Waals surface area (Å²) in [5, 5.41) is 5.09. The van der Waals surface area contributed by atoms with Crippen molar-refractivity contribution in [1.82, 2.24) is 4.57 Å². The Morgan fingerprint density at radius 2 is 1.07 bits per heavy atom. The summed E-state index contributed by atoms with van der Waals surface area (Å²) in [5.41, 5.74) is 9.41. The molecule has 0 fully saturated rings. The number of thiophene rings is 1. The molecule has 9 aromatic rings. The third kappa shape index (κ3) is 4.24. The van der Waals surface area contributed by atoms with Crippen molar-refractivity contribution in [2.75, 3.05) is 4.90 Å². The highest BCUT2D eigenvalue weighted by Gasteiger charge is 2.20. The van der Waals surface area contributed by atoms with Crippen molar-refractivity contribution in [3.8, 4) is 16.8 Å². The van der Waals surface area contributed by atoms with Crippen molar-refractivity contribution in [3.05, 3.63) is 170 Å². The smallest absolute Gasteiger partial charge is 0.0547 e. The average Bonchev–Trinajstić information content (AvgIpc) is 3.65. The van der Waals surface area contributed by atoms with E-state index in [1.54, 1.807) is 0 Å². The first-order valence-electron chi connectivity index (χ1n) is 15.3. The van der Waals surface area contributed by atoms with E-state index >= 15 is 0 Å². The summed E-state index contributed by atoms with van der Waals surface area (Å²) < 4.78 is 5.03. The van der Waals surface area contributed by atoms with E-state index in [9.17, 15) is 0 Å². The molecule has 2 aromatic heterocycles. The highest BCUT2D eigenvalue weighted by Crippen LogP contribution is 2.44. The molecule has 0 N–H and O–H groups in total. The van der Waals surface area contributed by atoms with E-state index in [1.165, 1.54) is 53.1 Å². The van der Waals surface area contributed by atoms with Gasteiger partial charge in [0.25, 0.3) is 0 Å². The highest BCUT2D eigenvalue weighted by molar-refractivity contribution is 7.25. The molecule has 0 saturated heterocycles. The molecule has 0 saturated carbocycles. The van der Waals surface area contributed by atoms with Crippen molar-refractivity contribution in [2.45, 2.75) is 0 Å². The number of benzene rings is 7. The Morgan fingerprint density at radius 1 is 0.422 bits per heavy atom. The zero-order chi connectivity index (χ0) is 29.7. The van der Waals surface area contributed by atoms with Crippen LogP contribution in [0.2, 0.25) is 0 Å². The number of anilines is 3. The largest absolute Gasteiger partial charge is 0.310 e. The lowest BCUT2D eigenvalue weighted by molar-refractivity contribution is 1.18.